The van der Waals surface area contributed by atoms with Gasteiger partial charge in [-0.3, -0.25) is 0 Å². The lowest BCUT2D eigenvalue weighted by molar-refractivity contribution is 0.172. The van der Waals surface area contributed by atoms with E-state index in [0.29, 0.717) is 11.6 Å². The molecule has 4 rings (SSSR count). The molecule has 0 saturated carbocycles. The Bertz CT molecular complexity index is 1030. The summed E-state index contributed by atoms with van der Waals surface area (Å²) in [6.07, 6.45) is 3.12. The summed E-state index contributed by atoms with van der Waals surface area (Å²) in [5.41, 5.74) is 3.16. The predicted octanol–water partition coefficient (Wildman–Crippen LogP) is 3.74. The summed E-state index contributed by atoms with van der Waals surface area (Å²) in [6.45, 7) is 0. The van der Waals surface area contributed by atoms with Crippen molar-refractivity contribution in [1.29, 1.82) is 0 Å². The Kier molecular flexibility index (Phi) is 3.89. The second-order valence-electron chi connectivity index (χ2n) is 5.92. The third kappa shape index (κ3) is 3.02. The molecule has 0 saturated heterocycles. The summed E-state index contributed by atoms with van der Waals surface area (Å²) in [6, 6.07) is 14.7. The minimum atomic E-state index is -0.421. The van der Waals surface area contributed by atoms with Gasteiger partial charge in [0.1, 0.15) is 11.3 Å². The highest BCUT2D eigenvalue weighted by molar-refractivity contribution is 5.75. The van der Waals surface area contributed by atoms with E-state index in [4.69, 9.17) is 9.15 Å². The molecule has 0 aliphatic rings. The number of carbonyl (C=O) groups excluding carboxylic acids is 1. The third-order valence-electron chi connectivity index (χ3n) is 3.79. The summed E-state index contributed by atoms with van der Waals surface area (Å²) in [7, 11) is 3.27. The molecule has 0 aliphatic heterocycles. The lowest BCUT2D eigenvalue weighted by atomic mass is 10.3. The first-order valence-corrected chi connectivity index (χ1v) is 8.00. The molecule has 2 aromatic heterocycles. The van der Waals surface area contributed by atoms with E-state index in [1.165, 1.54) is 4.90 Å². The molecule has 26 heavy (non-hydrogen) atoms. The Morgan fingerprint density at radius 3 is 2.62 bits per heavy atom. The number of amides is 1. The number of benzene rings is 2. The van der Waals surface area contributed by atoms with Crippen molar-refractivity contribution in [2.45, 2.75) is 0 Å². The van der Waals surface area contributed by atoms with Gasteiger partial charge in [-0.05, 0) is 36.4 Å². The lowest BCUT2D eigenvalue weighted by Crippen LogP contribution is -2.25. The number of hydrogen-bond donors (Lipinski definition) is 0. The van der Waals surface area contributed by atoms with E-state index >= 15 is 0 Å². The molecule has 0 unspecified atom stereocenters. The van der Waals surface area contributed by atoms with E-state index in [9.17, 15) is 4.79 Å². The van der Waals surface area contributed by atoms with E-state index in [-0.39, 0.29) is 0 Å². The predicted molar refractivity (Wildman–Crippen MR) is 96.3 cm³/mol. The average molecular weight is 348 g/mol. The van der Waals surface area contributed by atoms with Crippen LogP contribution in [0.3, 0.4) is 0 Å². The zero-order valence-corrected chi connectivity index (χ0v) is 14.3. The molecule has 0 atom stereocenters. The van der Waals surface area contributed by atoms with Gasteiger partial charge in [-0.1, -0.05) is 12.1 Å². The zero-order valence-electron chi connectivity index (χ0n) is 14.3. The molecular weight excluding hydrogens is 332 g/mol. The summed E-state index contributed by atoms with van der Waals surface area (Å²) in [5, 5.41) is 4.35. The second-order valence-corrected chi connectivity index (χ2v) is 5.92. The highest BCUT2D eigenvalue weighted by atomic mass is 16.6. The fourth-order valence-electron chi connectivity index (χ4n) is 2.43. The van der Waals surface area contributed by atoms with Gasteiger partial charge in [0.15, 0.2) is 5.58 Å². The maximum absolute atomic E-state index is 11.6. The van der Waals surface area contributed by atoms with E-state index in [0.717, 1.165) is 22.4 Å². The number of hydrogen-bond acceptors (Lipinski definition) is 5. The lowest BCUT2D eigenvalue weighted by Gasteiger charge is -2.10. The van der Waals surface area contributed by atoms with Gasteiger partial charge in [0.25, 0.3) is 0 Å². The van der Waals surface area contributed by atoms with Crippen LogP contribution in [-0.4, -0.2) is 39.9 Å². The van der Waals surface area contributed by atoms with Crippen molar-refractivity contribution in [2.75, 3.05) is 14.1 Å². The van der Waals surface area contributed by atoms with E-state index in [2.05, 4.69) is 10.1 Å². The van der Waals surface area contributed by atoms with Crippen molar-refractivity contribution in [3.05, 3.63) is 60.9 Å². The minimum absolute atomic E-state index is 0.421. The molecule has 1 amide bonds. The van der Waals surface area contributed by atoms with Crippen molar-refractivity contribution in [3.63, 3.8) is 0 Å². The third-order valence-corrected chi connectivity index (χ3v) is 3.79. The van der Waals surface area contributed by atoms with E-state index in [1.54, 1.807) is 37.1 Å². The largest absolute Gasteiger partial charge is 0.436 e. The van der Waals surface area contributed by atoms with Crippen molar-refractivity contribution < 1.29 is 13.9 Å². The second kappa shape index (κ2) is 6.36. The molecule has 4 aromatic rings. The zero-order chi connectivity index (χ0) is 18.1. The van der Waals surface area contributed by atoms with Crippen LogP contribution in [0.4, 0.5) is 4.79 Å². The molecule has 7 nitrogen and oxygen atoms in total. The Labute approximate surface area is 149 Å². The number of aromatic nitrogens is 3. The van der Waals surface area contributed by atoms with Crippen molar-refractivity contribution in [2.24, 2.45) is 0 Å². The standard InChI is InChI=1S/C19H16N4O3/c1-22(2)19(24)25-15-9-7-14(8-10-15)23-12-13(11-20-23)18-21-16-5-3-4-6-17(16)26-18/h3-12H,1-2H3. The van der Waals surface area contributed by atoms with E-state index in [1.807, 2.05) is 42.6 Å². The summed E-state index contributed by atoms with van der Waals surface area (Å²) >= 11 is 0. The van der Waals surface area contributed by atoms with Crippen molar-refractivity contribution >= 4 is 17.2 Å². The fraction of sp³-hybridized carbons (Fsp3) is 0.105. The van der Waals surface area contributed by atoms with Gasteiger partial charge >= 0.3 is 6.09 Å². The number of nitrogens with zero attached hydrogens (tertiary/aromatic N) is 4. The van der Waals surface area contributed by atoms with Crippen LogP contribution in [0.1, 0.15) is 0 Å². The molecule has 0 spiro atoms. The Morgan fingerprint density at radius 2 is 1.88 bits per heavy atom. The number of oxazole rings is 1. The van der Waals surface area contributed by atoms with Gasteiger partial charge in [-0.25, -0.2) is 14.5 Å². The number of rotatable bonds is 3. The van der Waals surface area contributed by atoms with Crippen LogP contribution in [0.5, 0.6) is 5.75 Å². The smallest absolute Gasteiger partial charge is 0.414 e. The summed E-state index contributed by atoms with van der Waals surface area (Å²) in [4.78, 5) is 17.4. The van der Waals surface area contributed by atoms with Gasteiger partial charge in [0.2, 0.25) is 5.89 Å². The van der Waals surface area contributed by atoms with Crippen LogP contribution in [0, 0.1) is 0 Å². The molecule has 0 aliphatic carbocycles. The highest BCUT2D eigenvalue weighted by Gasteiger charge is 2.11. The fourth-order valence-corrected chi connectivity index (χ4v) is 2.43. The van der Waals surface area contributed by atoms with Gasteiger partial charge in [-0.2, -0.15) is 5.10 Å². The van der Waals surface area contributed by atoms with Crippen LogP contribution >= 0.6 is 0 Å². The first-order valence-electron chi connectivity index (χ1n) is 8.00. The normalized spacial score (nSPS) is 10.8. The number of ether oxygens (including phenoxy) is 1. The van der Waals surface area contributed by atoms with Crippen LogP contribution in [0.25, 0.3) is 28.2 Å². The van der Waals surface area contributed by atoms with Gasteiger partial charge in [-0.15, -0.1) is 0 Å². The highest BCUT2D eigenvalue weighted by Crippen LogP contribution is 2.24. The monoisotopic (exact) mass is 348 g/mol. The molecule has 0 radical (unpaired) electrons. The Balaban J connectivity index is 1.56. The topological polar surface area (TPSA) is 73.4 Å². The molecule has 0 N–H and O–H groups in total. The number of para-hydroxylation sites is 2. The summed E-state index contributed by atoms with van der Waals surface area (Å²) < 4.78 is 12.7. The molecule has 2 heterocycles. The van der Waals surface area contributed by atoms with Gasteiger partial charge in [0, 0.05) is 20.3 Å². The van der Waals surface area contributed by atoms with Gasteiger partial charge in [0.05, 0.1) is 17.4 Å². The van der Waals surface area contributed by atoms with Crippen LogP contribution in [0.2, 0.25) is 0 Å². The van der Waals surface area contributed by atoms with Crippen LogP contribution < -0.4 is 4.74 Å². The first kappa shape index (κ1) is 15.9. The Hall–Kier alpha value is -3.61. The van der Waals surface area contributed by atoms with Crippen LogP contribution in [-0.2, 0) is 0 Å². The molecule has 2 aromatic carbocycles. The molecule has 0 fully saturated rings. The van der Waals surface area contributed by atoms with Crippen molar-refractivity contribution in [3.8, 4) is 22.9 Å². The SMILES string of the molecule is CN(C)C(=O)Oc1ccc(-n2cc(-c3nc4ccccc4o3)cn2)cc1. The average Bonchev–Trinajstić information content (AvgIpc) is 3.29. The molecule has 7 heteroatoms. The number of fused-ring (bicyclic) bond motifs is 1. The Morgan fingerprint density at radius 1 is 1.12 bits per heavy atom. The molecule has 130 valence electrons. The van der Waals surface area contributed by atoms with Crippen molar-refractivity contribution in [1.82, 2.24) is 19.7 Å². The maximum Gasteiger partial charge on any atom is 0.414 e. The molecular formula is C19H16N4O3. The van der Waals surface area contributed by atoms with Crippen LogP contribution in [0.15, 0.2) is 65.3 Å². The molecule has 0 bridgehead atoms. The maximum atomic E-state index is 11.6. The quantitative estimate of drug-likeness (QED) is 0.564. The van der Waals surface area contributed by atoms with Gasteiger partial charge < -0.3 is 14.1 Å². The first-order chi connectivity index (χ1) is 12.6. The summed E-state index contributed by atoms with van der Waals surface area (Å²) in [5.74, 6) is 0.993. The van der Waals surface area contributed by atoms with E-state index < -0.39 is 6.09 Å². The minimum Gasteiger partial charge on any atom is -0.436 e. The number of carbonyl (C=O) groups is 1.